The Morgan fingerprint density at radius 2 is 2.00 bits per heavy atom. The molecule has 0 unspecified atom stereocenters. The van der Waals surface area contributed by atoms with Crippen molar-refractivity contribution in [2.45, 2.75) is 51.1 Å². The molecule has 0 amide bonds. The SMILES string of the molecule is Cc1nc(CN2CCC[C@H]2c2noc(C3CC3)n2)nc2ccccc12. The summed E-state index contributed by atoms with van der Waals surface area (Å²) < 4.78 is 5.46. The third-order valence-electron chi connectivity index (χ3n) is 5.23. The Labute approximate surface area is 146 Å². The maximum atomic E-state index is 5.46. The molecule has 3 aromatic rings. The monoisotopic (exact) mass is 335 g/mol. The Morgan fingerprint density at radius 3 is 2.88 bits per heavy atom. The molecule has 2 fully saturated rings. The van der Waals surface area contributed by atoms with Gasteiger partial charge in [0.1, 0.15) is 5.82 Å². The number of fused-ring (bicyclic) bond motifs is 1. The van der Waals surface area contributed by atoms with Crippen LogP contribution in [0.4, 0.5) is 0 Å². The molecule has 2 aliphatic rings. The van der Waals surface area contributed by atoms with Gasteiger partial charge in [0.25, 0.3) is 0 Å². The van der Waals surface area contributed by atoms with E-state index in [0.29, 0.717) is 5.92 Å². The number of rotatable bonds is 4. The lowest BCUT2D eigenvalue weighted by atomic mass is 10.2. The minimum Gasteiger partial charge on any atom is -0.339 e. The van der Waals surface area contributed by atoms with Crippen molar-refractivity contribution in [3.8, 4) is 0 Å². The molecule has 25 heavy (non-hydrogen) atoms. The summed E-state index contributed by atoms with van der Waals surface area (Å²) in [6, 6.07) is 8.40. The van der Waals surface area contributed by atoms with Gasteiger partial charge in [-0.3, -0.25) is 4.90 Å². The molecule has 5 rings (SSSR count). The van der Waals surface area contributed by atoms with Crippen LogP contribution in [0.25, 0.3) is 10.9 Å². The summed E-state index contributed by atoms with van der Waals surface area (Å²) in [6.45, 7) is 3.80. The highest BCUT2D eigenvalue weighted by molar-refractivity contribution is 5.80. The Kier molecular flexibility index (Phi) is 3.52. The van der Waals surface area contributed by atoms with E-state index in [1.54, 1.807) is 0 Å². The largest absolute Gasteiger partial charge is 0.339 e. The van der Waals surface area contributed by atoms with Gasteiger partial charge >= 0.3 is 0 Å². The number of aromatic nitrogens is 4. The molecule has 0 bridgehead atoms. The predicted molar refractivity (Wildman–Crippen MR) is 92.9 cm³/mol. The summed E-state index contributed by atoms with van der Waals surface area (Å²) in [5.41, 5.74) is 2.04. The van der Waals surface area contributed by atoms with Crippen LogP contribution in [0.2, 0.25) is 0 Å². The second-order valence-electron chi connectivity index (χ2n) is 7.14. The topological polar surface area (TPSA) is 67.9 Å². The molecule has 3 heterocycles. The van der Waals surface area contributed by atoms with E-state index in [2.05, 4.69) is 34.1 Å². The lowest BCUT2D eigenvalue weighted by Crippen LogP contribution is -2.25. The first-order valence-corrected chi connectivity index (χ1v) is 9.08. The van der Waals surface area contributed by atoms with Crippen molar-refractivity contribution in [2.24, 2.45) is 0 Å². The highest BCUT2D eigenvalue weighted by atomic mass is 16.5. The Bertz CT molecular complexity index is 917. The molecule has 6 nitrogen and oxygen atoms in total. The van der Waals surface area contributed by atoms with Gasteiger partial charge in [0.2, 0.25) is 5.89 Å². The Morgan fingerprint density at radius 1 is 1.12 bits per heavy atom. The molecule has 1 saturated heterocycles. The summed E-state index contributed by atoms with van der Waals surface area (Å²) in [6.07, 6.45) is 4.57. The van der Waals surface area contributed by atoms with Gasteiger partial charge < -0.3 is 4.52 Å². The molecule has 0 spiro atoms. The van der Waals surface area contributed by atoms with Crippen molar-refractivity contribution in [1.82, 2.24) is 25.0 Å². The van der Waals surface area contributed by atoms with Gasteiger partial charge in [0, 0.05) is 17.0 Å². The fourth-order valence-electron chi connectivity index (χ4n) is 3.73. The number of benzene rings is 1. The molecule has 0 radical (unpaired) electrons. The van der Waals surface area contributed by atoms with Crippen LogP contribution in [0.1, 0.15) is 60.9 Å². The van der Waals surface area contributed by atoms with Crippen LogP contribution in [0, 0.1) is 6.92 Å². The minimum absolute atomic E-state index is 0.214. The number of aryl methyl sites for hydroxylation is 1. The molecular formula is C19H21N5O. The van der Waals surface area contributed by atoms with E-state index in [4.69, 9.17) is 14.5 Å². The lowest BCUT2D eigenvalue weighted by molar-refractivity contribution is 0.228. The summed E-state index contributed by atoms with van der Waals surface area (Å²) >= 11 is 0. The van der Waals surface area contributed by atoms with Crippen LogP contribution in [-0.4, -0.2) is 31.6 Å². The fourth-order valence-corrected chi connectivity index (χ4v) is 3.73. The van der Waals surface area contributed by atoms with Gasteiger partial charge in [-0.2, -0.15) is 4.98 Å². The first-order chi connectivity index (χ1) is 12.3. The fraction of sp³-hybridized carbons (Fsp3) is 0.474. The van der Waals surface area contributed by atoms with Crippen molar-refractivity contribution < 1.29 is 4.52 Å². The van der Waals surface area contributed by atoms with Gasteiger partial charge in [-0.1, -0.05) is 23.4 Å². The third kappa shape index (κ3) is 2.80. The summed E-state index contributed by atoms with van der Waals surface area (Å²) in [4.78, 5) is 16.5. The van der Waals surface area contributed by atoms with Gasteiger partial charge in [-0.05, 0) is 45.2 Å². The maximum Gasteiger partial charge on any atom is 0.229 e. The van der Waals surface area contributed by atoms with E-state index in [1.165, 1.54) is 12.8 Å². The number of likely N-dealkylation sites (tertiary alicyclic amines) is 1. The molecule has 2 aromatic heterocycles. The van der Waals surface area contributed by atoms with Gasteiger partial charge in [0.15, 0.2) is 5.82 Å². The Balaban J connectivity index is 1.40. The number of hydrogen-bond acceptors (Lipinski definition) is 6. The highest BCUT2D eigenvalue weighted by Gasteiger charge is 2.34. The van der Waals surface area contributed by atoms with E-state index < -0.39 is 0 Å². The molecule has 1 aliphatic carbocycles. The summed E-state index contributed by atoms with van der Waals surface area (Å²) in [5.74, 6) is 3.02. The summed E-state index contributed by atoms with van der Waals surface area (Å²) in [5, 5.41) is 5.37. The van der Waals surface area contributed by atoms with Crippen molar-refractivity contribution >= 4 is 10.9 Å². The van der Waals surface area contributed by atoms with E-state index in [9.17, 15) is 0 Å². The molecule has 1 atom stereocenters. The molecule has 1 saturated carbocycles. The number of hydrogen-bond donors (Lipinski definition) is 0. The minimum atomic E-state index is 0.214. The van der Waals surface area contributed by atoms with E-state index in [-0.39, 0.29) is 6.04 Å². The zero-order valence-corrected chi connectivity index (χ0v) is 14.4. The third-order valence-corrected chi connectivity index (χ3v) is 5.23. The normalized spacial score (nSPS) is 21.2. The molecule has 0 N–H and O–H groups in total. The van der Waals surface area contributed by atoms with E-state index in [0.717, 1.165) is 60.1 Å². The van der Waals surface area contributed by atoms with E-state index >= 15 is 0 Å². The zero-order valence-electron chi connectivity index (χ0n) is 14.4. The van der Waals surface area contributed by atoms with Crippen LogP contribution < -0.4 is 0 Å². The average molecular weight is 335 g/mol. The molecule has 128 valence electrons. The second kappa shape index (κ2) is 5.88. The number of nitrogens with zero attached hydrogens (tertiary/aromatic N) is 5. The van der Waals surface area contributed by atoms with Gasteiger partial charge in [-0.15, -0.1) is 0 Å². The van der Waals surface area contributed by atoms with Crippen LogP contribution >= 0.6 is 0 Å². The van der Waals surface area contributed by atoms with Crippen LogP contribution in [0.15, 0.2) is 28.8 Å². The predicted octanol–water partition coefficient (Wildman–Crippen LogP) is 3.54. The van der Waals surface area contributed by atoms with Crippen LogP contribution in [0.3, 0.4) is 0 Å². The van der Waals surface area contributed by atoms with Crippen molar-refractivity contribution in [1.29, 1.82) is 0 Å². The highest BCUT2D eigenvalue weighted by Crippen LogP contribution is 2.40. The van der Waals surface area contributed by atoms with Crippen molar-refractivity contribution in [3.05, 3.63) is 47.5 Å². The lowest BCUT2D eigenvalue weighted by Gasteiger charge is -2.21. The first-order valence-electron chi connectivity index (χ1n) is 9.08. The van der Waals surface area contributed by atoms with Crippen molar-refractivity contribution in [2.75, 3.05) is 6.54 Å². The smallest absolute Gasteiger partial charge is 0.229 e. The molecule has 6 heteroatoms. The number of para-hydroxylation sites is 1. The first kappa shape index (κ1) is 15.0. The molecule has 1 aromatic carbocycles. The van der Waals surface area contributed by atoms with Gasteiger partial charge in [0.05, 0.1) is 18.1 Å². The van der Waals surface area contributed by atoms with Gasteiger partial charge in [-0.25, -0.2) is 9.97 Å². The van der Waals surface area contributed by atoms with Crippen LogP contribution in [-0.2, 0) is 6.54 Å². The second-order valence-corrected chi connectivity index (χ2v) is 7.14. The van der Waals surface area contributed by atoms with E-state index in [1.807, 2.05) is 12.1 Å². The quantitative estimate of drug-likeness (QED) is 0.726. The van der Waals surface area contributed by atoms with Crippen molar-refractivity contribution in [3.63, 3.8) is 0 Å². The standard InChI is InChI=1S/C19H21N5O/c1-12-14-5-2-3-6-15(14)21-17(20-12)11-24-10-4-7-16(24)18-22-19(25-23-18)13-8-9-13/h2-3,5-6,13,16H,4,7-11H2,1H3/t16-/m0/s1. The maximum absolute atomic E-state index is 5.46. The summed E-state index contributed by atoms with van der Waals surface area (Å²) in [7, 11) is 0. The zero-order chi connectivity index (χ0) is 16.8. The Hall–Kier alpha value is -2.34. The van der Waals surface area contributed by atoms with Crippen LogP contribution in [0.5, 0.6) is 0 Å². The molecule has 1 aliphatic heterocycles. The average Bonchev–Trinajstić information content (AvgIpc) is 3.17. The molecular weight excluding hydrogens is 314 g/mol.